The van der Waals surface area contributed by atoms with Crippen molar-refractivity contribution >= 4 is 11.4 Å². The SMILES string of the molecule is CCCCCCCCOc1cc(N(C)C)ccc1N. The molecule has 3 heteroatoms. The Morgan fingerprint density at radius 2 is 1.74 bits per heavy atom. The number of hydrogen-bond acceptors (Lipinski definition) is 3. The molecule has 0 aliphatic carbocycles. The van der Waals surface area contributed by atoms with E-state index in [1.165, 1.54) is 32.1 Å². The van der Waals surface area contributed by atoms with Crippen molar-refractivity contribution in [2.45, 2.75) is 45.4 Å². The molecule has 1 aromatic rings. The van der Waals surface area contributed by atoms with Crippen LogP contribution in [0.15, 0.2) is 18.2 Å². The minimum atomic E-state index is 0.719. The number of nitrogens with two attached hydrogens (primary N) is 1. The molecule has 0 radical (unpaired) electrons. The third-order valence-electron chi connectivity index (χ3n) is 3.27. The summed E-state index contributed by atoms with van der Waals surface area (Å²) in [5.74, 6) is 0.805. The molecule has 2 N–H and O–H groups in total. The highest BCUT2D eigenvalue weighted by molar-refractivity contribution is 5.61. The molecular formula is C16H28N2O. The number of nitrogen functional groups attached to an aromatic ring is 1. The first-order valence-corrected chi connectivity index (χ1v) is 7.34. The van der Waals surface area contributed by atoms with Gasteiger partial charge in [0.05, 0.1) is 12.3 Å². The Labute approximate surface area is 117 Å². The Bertz CT molecular complexity index is 364. The molecule has 108 valence electrons. The first-order valence-electron chi connectivity index (χ1n) is 7.34. The highest BCUT2D eigenvalue weighted by atomic mass is 16.5. The van der Waals surface area contributed by atoms with Crippen molar-refractivity contribution in [3.8, 4) is 5.75 Å². The molecule has 0 fully saturated rings. The van der Waals surface area contributed by atoms with Gasteiger partial charge >= 0.3 is 0 Å². The number of unbranched alkanes of at least 4 members (excludes halogenated alkanes) is 5. The van der Waals surface area contributed by atoms with Crippen molar-refractivity contribution in [3.63, 3.8) is 0 Å². The summed E-state index contributed by atoms with van der Waals surface area (Å²) < 4.78 is 5.78. The van der Waals surface area contributed by atoms with E-state index in [4.69, 9.17) is 10.5 Å². The van der Waals surface area contributed by atoms with Crippen LogP contribution in [0.2, 0.25) is 0 Å². The van der Waals surface area contributed by atoms with Crippen molar-refractivity contribution in [1.29, 1.82) is 0 Å². The predicted octanol–water partition coefficient (Wildman–Crippen LogP) is 4.07. The van der Waals surface area contributed by atoms with Gasteiger partial charge in [0.2, 0.25) is 0 Å². The van der Waals surface area contributed by atoms with Crippen molar-refractivity contribution in [2.24, 2.45) is 0 Å². The van der Waals surface area contributed by atoms with E-state index < -0.39 is 0 Å². The quantitative estimate of drug-likeness (QED) is 0.539. The molecule has 0 unspecified atom stereocenters. The number of nitrogens with zero attached hydrogens (tertiary/aromatic N) is 1. The fourth-order valence-corrected chi connectivity index (χ4v) is 1.99. The Balaban J connectivity index is 2.30. The van der Waals surface area contributed by atoms with Crippen LogP contribution >= 0.6 is 0 Å². The van der Waals surface area contributed by atoms with Gasteiger partial charge in [-0.2, -0.15) is 0 Å². The van der Waals surface area contributed by atoms with E-state index in [1.807, 2.05) is 32.3 Å². The number of hydrogen-bond donors (Lipinski definition) is 1. The second-order valence-corrected chi connectivity index (χ2v) is 5.23. The van der Waals surface area contributed by atoms with Gasteiger partial charge in [0.15, 0.2) is 0 Å². The summed E-state index contributed by atoms with van der Waals surface area (Å²) in [6.07, 6.45) is 7.64. The van der Waals surface area contributed by atoms with Gasteiger partial charge in [-0.1, -0.05) is 39.0 Å². The third-order valence-corrected chi connectivity index (χ3v) is 3.27. The molecule has 0 heterocycles. The lowest BCUT2D eigenvalue weighted by molar-refractivity contribution is 0.306. The van der Waals surface area contributed by atoms with Crippen LogP contribution < -0.4 is 15.4 Å². The number of rotatable bonds is 9. The van der Waals surface area contributed by atoms with E-state index in [2.05, 4.69) is 11.8 Å². The Morgan fingerprint density at radius 1 is 1.05 bits per heavy atom. The fourth-order valence-electron chi connectivity index (χ4n) is 1.99. The van der Waals surface area contributed by atoms with Gasteiger partial charge in [0, 0.05) is 25.8 Å². The van der Waals surface area contributed by atoms with Crippen LogP contribution in [0.5, 0.6) is 5.75 Å². The van der Waals surface area contributed by atoms with Crippen molar-refractivity contribution in [1.82, 2.24) is 0 Å². The number of anilines is 2. The normalized spacial score (nSPS) is 10.5. The van der Waals surface area contributed by atoms with Crippen LogP contribution in [0, 0.1) is 0 Å². The van der Waals surface area contributed by atoms with Crippen molar-refractivity contribution < 1.29 is 4.74 Å². The van der Waals surface area contributed by atoms with Gasteiger partial charge in [-0.15, -0.1) is 0 Å². The fraction of sp³-hybridized carbons (Fsp3) is 0.625. The highest BCUT2D eigenvalue weighted by Crippen LogP contribution is 2.27. The van der Waals surface area contributed by atoms with Crippen molar-refractivity contribution in [3.05, 3.63) is 18.2 Å². The molecule has 19 heavy (non-hydrogen) atoms. The minimum absolute atomic E-state index is 0.719. The van der Waals surface area contributed by atoms with Crippen LogP contribution in [-0.2, 0) is 0 Å². The lowest BCUT2D eigenvalue weighted by Gasteiger charge is -2.15. The molecule has 0 saturated heterocycles. The number of benzene rings is 1. The van der Waals surface area contributed by atoms with Gasteiger partial charge in [-0.25, -0.2) is 0 Å². The summed E-state index contributed by atoms with van der Waals surface area (Å²) >= 11 is 0. The summed E-state index contributed by atoms with van der Waals surface area (Å²) in [6, 6.07) is 5.92. The molecule has 0 saturated carbocycles. The molecule has 0 atom stereocenters. The molecule has 0 aliphatic rings. The maximum Gasteiger partial charge on any atom is 0.144 e. The Kier molecular flexibility index (Phi) is 7.16. The van der Waals surface area contributed by atoms with Crippen LogP contribution in [0.3, 0.4) is 0 Å². The Hall–Kier alpha value is -1.38. The van der Waals surface area contributed by atoms with Crippen LogP contribution in [0.4, 0.5) is 11.4 Å². The minimum Gasteiger partial charge on any atom is -0.491 e. The molecule has 0 bridgehead atoms. The summed E-state index contributed by atoms with van der Waals surface area (Å²) in [7, 11) is 4.03. The Morgan fingerprint density at radius 3 is 2.42 bits per heavy atom. The molecule has 0 amide bonds. The average Bonchev–Trinajstić information content (AvgIpc) is 2.39. The summed E-state index contributed by atoms with van der Waals surface area (Å²) in [5, 5.41) is 0. The summed E-state index contributed by atoms with van der Waals surface area (Å²) in [6.45, 7) is 3.00. The molecule has 0 aliphatic heterocycles. The van der Waals surface area contributed by atoms with E-state index in [0.717, 1.165) is 30.2 Å². The molecule has 3 nitrogen and oxygen atoms in total. The molecule has 0 spiro atoms. The van der Waals surface area contributed by atoms with Crippen LogP contribution in [0.1, 0.15) is 45.4 Å². The summed E-state index contributed by atoms with van der Waals surface area (Å²) in [5.41, 5.74) is 7.76. The molecule has 1 aromatic carbocycles. The predicted molar refractivity (Wildman–Crippen MR) is 84.1 cm³/mol. The van der Waals surface area contributed by atoms with E-state index in [9.17, 15) is 0 Å². The largest absolute Gasteiger partial charge is 0.491 e. The lowest BCUT2D eigenvalue weighted by Crippen LogP contribution is -2.09. The average molecular weight is 264 g/mol. The maximum atomic E-state index is 5.93. The molecule has 0 aromatic heterocycles. The topological polar surface area (TPSA) is 38.5 Å². The number of ether oxygens (including phenoxy) is 1. The smallest absolute Gasteiger partial charge is 0.144 e. The van der Waals surface area contributed by atoms with E-state index >= 15 is 0 Å². The van der Waals surface area contributed by atoms with Gasteiger partial charge in [-0.05, 0) is 18.6 Å². The van der Waals surface area contributed by atoms with Crippen LogP contribution in [0.25, 0.3) is 0 Å². The van der Waals surface area contributed by atoms with E-state index in [1.54, 1.807) is 0 Å². The molecular weight excluding hydrogens is 236 g/mol. The zero-order valence-electron chi connectivity index (χ0n) is 12.6. The van der Waals surface area contributed by atoms with Crippen molar-refractivity contribution in [2.75, 3.05) is 31.3 Å². The zero-order valence-corrected chi connectivity index (χ0v) is 12.6. The second kappa shape index (κ2) is 8.68. The monoisotopic (exact) mass is 264 g/mol. The van der Waals surface area contributed by atoms with Gasteiger partial charge in [0.1, 0.15) is 5.75 Å². The third kappa shape index (κ3) is 5.86. The first-order chi connectivity index (χ1) is 9.15. The van der Waals surface area contributed by atoms with Gasteiger partial charge < -0.3 is 15.4 Å². The standard InChI is InChI=1S/C16H28N2O/c1-4-5-6-7-8-9-12-19-16-13-14(18(2)3)10-11-15(16)17/h10-11,13H,4-9,12,17H2,1-3H3. The second-order valence-electron chi connectivity index (χ2n) is 5.23. The highest BCUT2D eigenvalue weighted by Gasteiger charge is 2.03. The zero-order chi connectivity index (χ0) is 14.1. The van der Waals surface area contributed by atoms with Crippen LogP contribution in [-0.4, -0.2) is 20.7 Å². The van der Waals surface area contributed by atoms with Gasteiger partial charge in [0.25, 0.3) is 0 Å². The maximum absolute atomic E-state index is 5.93. The first kappa shape index (κ1) is 15.7. The van der Waals surface area contributed by atoms with E-state index in [0.29, 0.717) is 0 Å². The molecule has 1 rings (SSSR count). The van der Waals surface area contributed by atoms with Gasteiger partial charge in [-0.3, -0.25) is 0 Å². The lowest BCUT2D eigenvalue weighted by atomic mass is 10.1. The van der Waals surface area contributed by atoms with E-state index in [-0.39, 0.29) is 0 Å². The summed E-state index contributed by atoms with van der Waals surface area (Å²) in [4.78, 5) is 2.05.